The fraction of sp³-hybridized carbons (Fsp3) is 0.625. The summed E-state index contributed by atoms with van der Waals surface area (Å²) in [6, 6.07) is 3.89. The minimum Gasteiger partial charge on any atom is -0.383 e. The number of carbonyl (C=O) groups is 1. The zero-order valence-corrected chi connectivity index (χ0v) is 13.3. The van der Waals surface area contributed by atoms with Crippen molar-refractivity contribution in [2.75, 3.05) is 38.3 Å². The number of urea groups is 1. The van der Waals surface area contributed by atoms with Crippen LogP contribution >= 0.6 is 0 Å². The van der Waals surface area contributed by atoms with E-state index in [2.05, 4.69) is 20.5 Å². The average molecular weight is 306 g/mol. The summed E-state index contributed by atoms with van der Waals surface area (Å²) in [5, 5.41) is 5.53. The van der Waals surface area contributed by atoms with Crippen molar-refractivity contribution in [1.82, 2.24) is 15.6 Å². The standard InChI is InChI=1S/C16H26N4O2/c1-22-11-8-17-16(21)19-13-14-6-7-15(18-12-14)20-9-4-2-3-5-10-20/h6-7,12H,2-5,8-11,13H2,1H3,(H2,17,19,21). The van der Waals surface area contributed by atoms with Gasteiger partial charge in [-0.2, -0.15) is 0 Å². The lowest BCUT2D eigenvalue weighted by Gasteiger charge is -2.21. The fourth-order valence-corrected chi connectivity index (χ4v) is 2.52. The largest absolute Gasteiger partial charge is 0.383 e. The molecule has 0 aliphatic carbocycles. The number of nitrogens with zero attached hydrogens (tertiary/aromatic N) is 2. The maximum Gasteiger partial charge on any atom is 0.315 e. The summed E-state index contributed by atoms with van der Waals surface area (Å²) in [6.07, 6.45) is 6.96. The zero-order chi connectivity index (χ0) is 15.6. The second-order valence-corrected chi connectivity index (χ2v) is 5.53. The number of ether oxygens (including phenoxy) is 1. The van der Waals surface area contributed by atoms with E-state index >= 15 is 0 Å². The minimum atomic E-state index is -0.186. The number of amides is 2. The first kappa shape index (κ1) is 16.5. The number of hydrogen-bond donors (Lipinski definition) is 2. The normalized spacial score (nSPS) is 15.2. The number of rotatable bonds is 6. The highest BCUT2D eigenvalue weighted by Crippen LogP contribution is 2.17. The highest BCUT2D eigenvalue weighted by Gasteiger charge is 2.10. The number of pyridine rings is 1. The molecule has 2 amide bonds. The molecule has 0 unspecified atom stereocenters. The molecule has 122 valence electrons. The van der Waals surface area contributed by atoms with Crippen molar-refractivity contribution in [3.63, 3.8) is 0 Å². The van der Waals surface area contributed by atoms with Crippen LogP contribution in [0.1, 0.15) is 31.2 Å². The molecule has 2 rings (SSSR count). The molecule has 22 heavy (non-hydrogen) atoms. The number of carbonyl (C=O) groups excluding carboxylic acids is 1. The van der Waals surface area contributed by atoms with Crippen LogP contribution in [0.25, 0.3) is 0 Å². The number of methoxy groups -OCH3 is 1. The van der Waals surface area contributed by atoms with Crippen molar-refractivity contribution < 1.29 is 9.53 Å². The van der Waals surface area contributed by atoms with Gasteiger partial charge in [-0.1, -0.05) is 18.9 Å². The third kappa shape index (κ3) is 5.52. The van der Waals surface area contributed by atoms with Gasteiger partial charge in [0, 0.05) is 39.5 Å². The number of aromatic nitrogens is 1. The molecular formula is C16H26N4O2. The zero-order valence-electron chi connectivity index (χ0n) is 13.3. The Hall–Kier alpha value is -1.82. The van der Waals surface area contributed by atoms with Gasteiger partial charge >= 0.3 is 6.03 Å². The SMILES string of the molecule is COCCNC(=O)NCc1ccc(N2CCCCCC2)nc1. The molecule has 2 N–H and O–H groups in total. The first-order valence-electron chi connectivity index (χ1n) is 8.00. The van der Waals surface area contributed by atoms with Crippen LogP contribution in [0.15, 0.2) is 18.3 Å². The Morgan fingerprint density at radius 3 is 2.64 bits per heavy atom. The lowest BCUT2D eigenvalue weighted by atomic mass is 10.2. The maximum atomic E-state index is 11.5. The van der Waals surface area contributed by atoms with Crippen LogP contribution in [0.3, 0.4) is 0 Å². The van der Waals surface area contributed by atoms with Crippen molar-refractivity contribution in [3.05, 3.63) is 23.9 Å². The van der Waals surface area contributed by atoms with Crippen molar-refractivity contribution >= 4 is 11.8 Å². The first-order chi connectivity index (χ1) is 10.8. The Balaban J connectivity index is 1.77. The monoisotopic (exact) mass is 306 g/mol. The van der Waals surface area contributed by atoms with Crippen LogP contribution in [-0.4, -0.2) is 44.4 Å². The van der Waals surface area contributed by atoms with Crippen molar-refractivity contribution in [2.24, 2.45) is 0 Å². The molecule has 1 aromatic rings. The molecule has 2 heterocycles. The Bertz CT molecular complexity index is 442. The molecule has 6 heteroatoms. The summed E-state index contributed by atoms with van der Waals surface area (Å²) in [7, 11) is 1.61. The second-order valence-electron chi connectivity index (χ2n) is 5.53. The van der Waals surface area contributed by atoms with Crippen LogP contribution in [0.4, 0.5) is 10.6 Å². The number of hydrogen-bond acceptors (Lipinski definition) is 4. The maximum absolute atomic E-state index is 11.5. The molecule has 1 aliphatic heterocycles. The highest BCUT2D eigenvalue weighted by atomic mass is 16.5. The smallest absolute Gasteiger partial charge is 0.315 e. The molecule has 0 atom stereocenters. The minimum absolute atomic E-state index is 0.186. The van der Waals surface area contributed by atoms with Gasteiger partial charge in [-0.15, -0.1) is 0 Å². The van der Waals surface area contributed by atoms with Gasteiger partial charge in [0.15, 0.2) is 0 Å². The Morgan fingerprint density at radius 2 is 2.00 bits per heavy atom. The molecule has 0 radical (unpaired) electrons. The molecule has 1 saturated heterocycles. The summed E-state index contributed by atoms with van der Waals surface area (Å²) >= 11 is 0. The van der Waals surface area contributed by atoms with Crippen LogP contribution < -0.4 is 15.5 Å². The molecule has 6 nitrogen and oxygen atoms in total. The van der Waals surface area contributed by atoms with Crippen molar-refractivity contribution in [2.45, 2.75) is 32.2 Å². The van der Waals surface area contributed by atoms with Gasteiger partial charge in [0.25, 0.3) is 0 Å². The third-order valence-electron chi connectivity index (χ3n) is 3.78. The highest BCUT2D eigenvalue weighted by molar-refractivity contribution is 5.73. The first-order valence-corrected chi connectivity index (χ1v) is 8.00. The van der Waals surface area contributed by atoms with E-state index in [0.717, 1.165) is 24.5 Å². The van der Waals surface area contributed by atoms with E-state index < -0.39 is 0 Å². The van der Waals surface area contributed by atoms with E-state index in [-0.39, 0.29) is 6.03 Å². The third-order valence-corrected chi connectivity index (χ3v) is 3.78. The van der Waals surface area contributed by atoms with E-state index in [9.17, 15) is 4.79 Å². The van der Waals surface area contributed by atoms with Gasteiger partial charge in [-0.05, 0) is 24.5 Å². The Kier molecular flexibility index (Phi) is 6.96. The van der Waals surface area contributed by atoms with Crippen molar-refractivity contribution in [1.29, 1.82) is 0 Å². The van der Waals surface area contributed by atoms with Crippen LogP contribution in [-0.2, 0) is 11.3 Å². The Labute approximate surface area is 132 Å². The molecular weight excluding hydrogens is 280 g/mol. The van der Waals surface area contributed by atoms with Crippen LogP contribution in [0.2, 0.25) is 0 Å². The predicted octanol–water partition coefficient (Wildman–Crippen LogP) is 1.91. The molecule has 1 aliphatic rings. The van der Waals surface area contributed by atoms with E-state index in [4.69, 9.17) is 4.74 Å². The second kappa shape index (κ2) is 9.25. The van der Waals surface area contributed by atoms with E-state index in [0.29, 0.717) is 19.7 Å². The summed E-state index contributed by atoms with van der Waals surface area (Å²) in [5.74, 6) is 1.04. The van der Waals surface area contributed by atoms with Gasteiger partial charge in [0.1, 0.15) is 5.82 Å². The predicted molar refractivity (Wildman–Crippen MR) is 87.0 cm³/mol. The van der Waals surface area contributed by atoms with Gasteiger partial charge in [0.2, 0.25) is 0 Å². The van der Waals surface area contributed by atoms with E-state index in [1.54, 1.807) is 7.11 Å². The Morgan fingerprint density at radius 1 is 1.23 bits per heavy atom. The lowest BCUT2D eigenvalue weighted by molar-refractivity contribution is 0.196. The van der Waals surface area contributed by atoms with Gasteiger partial charge in [-0.25, -0.2) is 9.78 Å². The topological polar surface area (TPSA) is 66.5 Å². The molecule has 1 aromatic heterocycles. The van der Waals surface area contributed by atoms with E-state index in [1.165, 1.54) is 25.7 Å². The van der Waals surface area contributed by atoms with E-state index in [1.807, 2.05) is 18.3 Å². The lowest BCUT2D eigenvalue weighted by Crippen LogP contribution is -2.36. The quantitative estimate of drug-likeness (QED) is 0.788. The fourth-order valence-electron chi connectivity index (χ4n) is 2.52. The van der Waals surface area contributed by atoms with Gasteiger partial charge in [0.05, 0.1) is 6.61 Å². The van der Waals surface area contributed by atoms with Crippen molar-refractivity contribution in [3.8, 4) is 0 Å². The van der Waals surface area contributed by atoms with Gasteiger partial charge < -0.3 is 20.3 Å². The molecule has 0 spiro atoms. The summed E-state index contributed by atoms with van der Waals surface area (Å²) in [6.45, 7) is 3.68. The van der Waals surface area contributed by atoms with Crippen LogP contribution in [0.5, 0.6) is 0 Å². The molecule has 0 aromatic carbocycles. The number of anilines is 1. The average Bonchev–Trinajstić information content (AvgIpc) is 2.83. The number of nitrogens with one attached hydrogen (secondary N) is 2. The van der Waals surface area contributed by atoms with Crippen LogP contribution in [0, 0.1) is 0 Å². The summed E-state index contributed by atoms with van der Waals surface area (Å²) in [4.78, 5) is 18.4. The molecule has 0 bridgehead atoms. The van der Waals surface area contributed by atoms with Gasteiger partial charge in [-0.3, -0.25) is 0 Å². The molecule has 1 fully saturated rings. The summed E-state index contributed by atoms with van der Waals surface area (Å²) < 4.78 is 4.88. The summed E-state index contributed by atoms with van der Waals surface area (Å²) in [5.41, 5.74) is 1.00. The molecule has 0 saturated carbocycles.